The van der Waals surface area contributed by atoms with E-state index < -0.39 is 0 Å². The number of nitrogens with zero attached hydrogens (tertiary/aromatic N) is 2. The molecule has 1 aromatic heterocycles. The van der Waals surface area contributed by atoms with Gasteiger partial charge in [-0.2, -0.15) is 11.8 Å². The van der Waals surface area contributed by atoms with Crippen molar-refractivity contribution >= 4 is 11.8 Å². The zero-order valence-corrected chi connectivity index (χ0v) is 8.34. The molecule has 0 aliphatic rings. The lowest BCUT2D eigenvalue weighted by molar-refractivity contribution is 0.642. The fourth-order valence-electron chi connectivity index (χ4n) is 1.17. The van der Waals surface area contributed by atoms with Crippen LogP contribution in [0.15, 0.2) is 12.4 Å². The van der Waals surface area contributed by atoms with Crippen LogP contribution in [0.2, 0.25) is 0 Å². The predicted molar refractivity (Wildman–Crippen MR) is 53.2 cm³/mol. The molecular weight excluding hydrogens is 170 g/mol. The highest BCUT2D eigenvalue weighted by Gasteiger charge is 2.09. The molecule has 0 bridgehead atoms. The topological polar surface area (TPSA) is 43.8 Å². The Morgan fingerprint density at radius 1 is 1.75 bits per heavy atom. The van der Waals surface area contributed by atoms with Gasteiger partial charge in [-0.15, -0.1) is 0 Å². The van der Waals surface area contributed by atoms with Crippen molar-refractivity contribution in [2.75, 3.05) is 12.0 Å². The molecule has 4 heteroatoms. The van der Waals surface area contributed by atoms with Crippen LogP contribution >= 0.6 is 11.8 Å². The molecule has 0 saturated heterocycles. The lowest BCUT2D eigenvalue weighted by atomic mass is 10.3. The Morgan fingerprint density at radius 3 is 3.08 bits per heavy atom. The minimum absolute atomic E-state index is 0.0648. The highest BCUT2D eigenvalue weighted by Crippen LogP contribution is 2.12. The molecule has 0 aliphatic heterocycles. The Hall–Kier alpha value is -0.480. The van der Waals surface area contributed by atoms with Gasteiger partial charge < -0.3 is 10.3 Å². The standard InChI is InChI=1S/C8H15N3S/c1-3-11-5-4-10-8(11)7(9)6-12-2/h4-5,7H,3,6,9H2,1-2H3. The monoisotopic (exact) mass is 185 g/mol. The van der Waals surface area contributed by atoms with Gasteiger partial charge in [-0.3, -0.25) is 0 Å². The molecule has 1 aromatic rings. The van der Waals surface area contributed by atoms with Gasteiger partial charge in [0, 0.05) is 24.7 Å². The van der Waals surface area contributed by atoms with E-state index in [0.29, 0.717) is 0 Å². The number of rotatable bonds is 4. The Balaban J connectivity index is 2.71. The summed E-state index contributed by atoms with van der Waals surface area (Å²) in [5.41, 5.74) is 5.92. The van der Waals surface area contributed by atoms with Gasteiger partial charge in [0.2, 0.25) is 0 Å². The normalized spacial score (nSPS) is 13.2. The molecule has 68 valence electrons. The van der Waals surface area contributed by atoms with Gasteiger partial charge in [0.1, 0.15) is 5.82 Å². The van der Waals surface area contributed by atoms with Gasteiger partial charge in [0.15, 0.2) is 0 Å². The summed E-state index contributed by atoms with van der Waals surface area (Å²) in [4.78, 5) is 4.23. The van der Waals surface area contributed by atoms with E-state index in [9.17, 15) is 0 Å². The zero-order valence-electron chi connectivity index (χ0n) is 7.53. The second-order valence-corrected chi connectivity index (χ2v) is 3.54. The molecule has 1 unspecified atom stereocenters. The number of aryl methyl sites for hydroxylation is 1. The van der Waals surface area contributed by atoms with E-state index in [4.69, 9.17) is 5.73 Å². The lowest BCUT2D eigenvalue weighted by Crippen LogP contribution is -2.18. The van der Waals surface area contributed by atoms with Gasteiger partial charge in [-0.1, -0.05) is 0 Å². The maximum atomic E-state index is 5.92. The number of hydrogen-bond acceptors (Lipinski definition) is 3. The third-order valence-corrected chi connectivity index (χ3v) is 2.46. The van der Waals surface area contributed by atoms with Gasteiger partial charge in [-0.25, -0.2) is 4.98 Å². The average Bonchev–Trinajstić information content (AvgIpc) is 2.51. The van der Waals surface area contributed by atoms with Crippen LogP contribution in [0.4, 0.5) is 0 Å². The Kier molecular flexibility index (Phi) is 3.62. The van der Waals surface area contributed by atoms with E-state index >= 15 is 0 Å². The Bertz CT molecular complexity index is 234. The summed E-state index contributed by atoms with van der Waals surface area (Å²) in [6, 6.07) is 0.0648. The first-order valence-corrected chi connectivity index (χ1v) is 5.44. The first-order chi connectivity index (χ1) is 5.79. The van der Waals surface area contributed by atoms with Gasteiger partial charge in [0.25, 0.3) is 0 Å². The van der Waals surface area contributed by atoms with Crippen LogP contribution < -0.4 is 5.73 Å². The maximum absolute atomic E-state index is 5.92. The summed E-state index contributed by atoms with van der Waals surface area (Å²) in [5.74, 6) is 1.92. The van der Waals surface area contributed by atoms with Gasteiger partial charge >= 0.3 is 0 Å². The third-order valence-electron chi connectivity index (χ3n) is 1.77. The highest BCUT2D eigenvalue weighted by molar-refractivity contribution is 7.98. The van der Waals surface area contributed by atoms with E-state index in [2.05, 4.69) is 22.7 Å². The largest absolute Gasteiger partial charge is 0.334 e. The van der Waals surface area contributed by atoms with Crippen molar-refractivity contribution in [1.29, 1.82) is 0 Å². The Labute approximate surface area is 77.4 Å². The van der Waals surface area contributed by atoms with Gasteiger partial charge in [-0.05, 0) is 13.2 Å². The highest BCUT2D eigenvalue weighted by atomic mass is 32.2. The smallest absolute Gasteiger partial charge is 0.126 e. The van der Waals surface area contributed by atoms with E-state index in [-0.39, 0.29) is 6.04 Å². The van der Waals surface area contributed by atoms with Crippen LogP contribution in [-0.4, -0.2) is 21.6 Å². The van der Waals surface area contributed by atoms with Crippen molar-refractivity contribution in [2.45, 2.75) is 19.5 Å². The van der Waals surface area contributed by atoms with Crippen molar-refractivity contribution in [3.8, 4) is 0 Å². The molecule has 0 amide bonds. The third kappa shape index (κ3) is 2.01. The molecular formula is C8H15N3S. The summed E-state index contributed by atoms with van der Waals surface area (Å²) in [6.07, 6.45) is 5.83. The summed E-state index contributed by atoms with van der Waals surface area (Å²) >= 11 is 1.75. The summed E-state index contributed by atoms with van der Waals surface area (Å²) in [5, 5.41) is 0. The lowest BCUT2D eigenvalue weighted by Gasteiger charge is -2.10. The van der Waals surface area contributed by atoms with Crippen molar-refractivity contribution in [1.82, 2.24) is 9.55 Å². The molecule has 0 radical (unpaired) electrons. The fraction of sp³-hybridized carbons (Fsp3) is 0.625. The second-order valence-electron chi connectivity index (χ2n) is 2.63. The maximum Gasteiger partial charge on any atom is 0.126 e. The van der Waals surface area contributed by atoms with E-state index in [1.54, 1.807) is 18.0 Å². The molecule has 12 heavy (non-hydrogen) atoms. The van der Waals surface area contributed by atoms with E-state index in [1.807, 2.05) is 6.20 Å². The van der Waals surface area contributed by atoms with Crippen molar-refractivity contribution in [3.05, 3.63) is 18.2 Å². The molecule has 0 aromatic carbocycles. The molecule has 0 fully saturated rings. The van der Waals surface area contributed by atoms with Crippen molar-refractivity contribution < 1.29 is 0 Å². The molecule has 1 atom stereocenters. The first kappa shape index (κ1) is 9.61. The van der Waals surface area contributed by atoms with E-state index in [0.717, 1.165) is 18.1 Å². The van der Waals surface area contributed by atoms with Crippen LogP contribution in [0.25, 0.3) is 0 Å². The molecule has 3 nitrogen and oxygen atoms in total. The molecule has 0 saturated carbocycles. The first-order valence-electron chi connectivity index (χ1n) is 4.05. The molecule has 2 N–H and O–H groups in total. The van der Waals surface area contributed by atoms with Crippen LogP contribution in [0.5, 0.6) is 0 Å². The number of thioether (sulfide) groups is 1. The van der Waals surface area contributed by atoms with Crippen LogP contribution in [0.3, 0.4) is 0 Å². The Morgan fingerprint density at radius 2 is 2.50 bits per heavy atom. The molecule has 1 rings (SSSR count). The zero-order chi connectivity index (χ0) is 8.97. The summed E-state index contributed by atoms with van der Waals surface area (Å²) in [7, 11) is 0. The van der Waals surface area contributed by atoms with Crippen molar-refractivity contribution in [2.24, 2.45) is 5.73 Å². The summed E-state index contributed by atoms with van der Waals surface area (Å²) < 4.78 is 2.08. The molecule has 0 spiro atoms. The average molecular weight is 185 g/mol. The predicted octanol–water partition coefficient (Wildman–Crippen LogP) is 1.27. The number of hydrogen-bond donors (Lipinski definition) is 1. The molecule has 1 heterocycles. The van der Waals surface area contributed by atoms with Crippen molar-refractivity contribution in [3.63, 3.8) is 0 Å². The van der Waals surface area contributed by atoms with Gasteiger partial charge in [0.05, 0.1) is 6.04 Å². The minimum atomic E-state index is 0.0648. The minimum Gasteiger partial charge on any atom is -0.334 e. The van der Waals surface area contributed by atoms with Crippen LogP contribution in [0, 0.1) is 0 Å². The quantitative estimate of drug-likeness (QED) is 0.768. The molecule has 0 aliphatic carbocycles. The number of aromatic nitrogens is 2. The van der Waals surface area contributed by atoms with E-state index in [1.165, 1.54) is 0 Å². The summed E-state index contributed by atoms with van der Waals surface area (Å²) in [6.45, 7) is 3.04. The number of imidazole rings is 1. The fourth-order valence-corrected chi connectivity index (χ4v) is 1.68. The SMILES string of the molecule is CCn1ccnc1C(N)CSC. The number of nitrogens with two attached hydrogens (primary N) is 1. The second kappa shape index (κ2) is 4.52. The van der Waals surface area contributed by atoms with Crippen LogP contribution in [-0.2, 0) is 6.54 Å². The van der Waals surface area contributed by atoms with Crippen LogP contribution in [0.1, 0.15) is 18.8 Å².